The van der Waals surface area contributed by atoms with Crippen molar-refractivity contribution in [3.05, 3.63) is 61.6 Å². The Labute approximate surface area is 210 Å². The number of benzene rings is 1. The SMILES string of the molecule is C=CC(=O)Nc1cc(Nc2nccc(-c3c[nH]c4ncccc34)n2)c(OC)cc1N(C)CCN(C)C. The van der Waals surface area contributed by atoms with Crippen LogP contribution < -0.4 is 20.3 Å². The molecule has 3 heterocycles. The van der Waals surface area contributed by atoms with Gasteiger partial charge in [0, 0.05) is 55.7 Å². The van der Waals surface area contributed by atoms with Crippen molar-refractivity contribution in [2.75, 3.05) is 56.9 Å². The highest BCUT2D eigenvalue weighted by molar-refractivity contribution is 6.02. The zero-order valence-electron chi connectivity index (χ0n) is 20.9. The molecule has 4 aromatic rings. The van der Waals surface area contributed by atoms with E-state index in [9.17, 15) is 4.79 Å². The Hall–Kier alpha value is -4.44. The molecule has 0 saturated heterocycles. The van der Waals surface area contributed by atoms with Crippen LogP contribution in [0.1, 0.15) is 0 Å². The summed E-state index contributed by atoms with van der Waals surface area (Å²) in [5, 5.41) is 7.12. The molecule has 3 aromatic heterocycles. The predicted molar refractivity (Wildman–Crippen MR) is 144 cm³/mol. The molecule has 0 aliphatic rings. The van der Waals surface area contributed by atoms with Gasteiger partial charge in [-0.2, -0.15) is 0 Å². The van der Waals surface area contributed by atoms with Crippen LogP contribution in [0.3, 0.4) is 0 Å². The third-order valence-electron chi connectivity index (χ3n) is 5.68. The number of aromatic nitrogens is 4. The molecular weight excluding hydrogens is 456 g/mol. The average Bonchev–Trinajstić information content (AvgIpc) is 3.32. The zero-order valence-corrected chi connectivity index (χ0v) is 20.9. The second kappa shape index (κ2) is 10.9. The lowest BCUT2D eigenvalue weighted by Crippen LogP contribution is -2.29. The van der Waals surface area contributed by atoms with Crippen molar-refractivity contribution in [3.63, 3.8) is 0 Å². The van der Waals surface area contributed by atoms with E-state index in [1.54, 1.807) is 19.5 Å². The smallest absolute Gasteiger partial charge is 0.247 e. The molecule has 0 unspecified atom stereocenters. The fourth-order valence-corrected chi connectivity index (χ4v) is 3.76. The van der Waals surface area contributed by atoms with Gasteiger partial charge in [-0.3, -0.25) is 4.79 Å². The number of fused-ring (bicyclic) bond motifs is 1. The molecular formula is C26H30N8O2. The summed E-state index contributed by atoms with van der Waals surface area (Å²) in [5.74, 6) is 0.668. The van der Waals surface area contributed by atoms with E-state index >= 15 is 0 Å². The van der Waals surface area contributed by atoms with E-state index in [0.29, 0.717) is 23.1 Å². The number of likely N-dealkylation sites (N-methyl/N-ethyl adjacent to an activating group) is 2. The lowest BCUT2D eigenvalue weighted by Gasteiger charge is -2.26. The molecule has 0 atom stereocenters. The van der Waals surface area contributed by atoms with Crippen LogP contribution in [0.4, 0.5) is 23.0 Å². The highest BCUT2D eigenvalue weighted by atomic mass is 16.5. The summed E-state index contributed by atoms with van der Waals surface area (Å²) in [6.45, 7) is 5.17. The van der Waals surface area contributed by atoms with Crippen molar-refractivity contribution < 1.29 is 9.53 Å². The molecule has 0 bridgehead atoms. The first kappa shape index (κ1) is 24.7. The second-order valence-corrected chi connectivity index (χ2v) is 8.48. The Bertz CT molecular complexity index is 1380. The first-order valence-corrected chi connectivity index (χ1v) is 11.4. The third kappa shape index (κ3) is 5.44. The molecule has 0 fully saturated rings. The summed E-state index contributed by atoms with van der Waals surface area (Å²) < 4.78 is 5.68. The van der Waals surface area contributed by atoms with Crippen molar-refractivity contribution in [2.24, 2.45) is 0 Å². The zero-order chi connectivity index (χ0) is 25.7. The quantitative estimate of drug-likeness (QED) is 0.290. The molecule has 10 nitrogen and oxygen atoms in total. The van der Waals surface area contributed by atoms with Crippen LogP contribution in [0.25, 0.3) is 22.3 Å². The van der Waals surface area contributed by atoms with Gasteiger partial charge in [0.05, 0.1) is 29.9 Å². The Kier molecular flexibility index (Phi) is 7.45. The van der Waals surface area contributed by atoms with Crippen LogP contribution in [0.5, 0.6) is 5.75 Å². The standard InChI is InChI=1S/C26H30N8O2/c1-6-24(35)30-20-14-21(23(36-5)15-22(20)34(4)13-12-33(2)3)32-26-28-11-9-19(31-26)18-16-29-25-17(18)8-7-10-27-25/h6-11,14-16H,1,12-13H2,2-5H3,(H,27,29)(H,30,35)(H,28,31,32). The third-order valence-corrected chi connectivity index (χ3v) is 5.68. The van der Waals surface area contributed by atoms with E-state index in [4.69, 9.17) is 9.72 Å². The van der Waals surface area contributed by atoms with Crippen molar-refractivity contribution in [2.45, 2.75) is 0 Å². The number of pyridine rings is 1. The molecule has 1 aromatic carbocycles. The maximum Gasteiger partial charge on any atom is 0.247 e. The minimum absolute atomic E-state index is 0.306. The first-order valence-electron chi connectivity index (χ1n) is 11.4. The number of methoxy groups -OCH3 is 1. The number of carbonyl (C=O) groups excluding carboxylic acids is 1. The summed E-state index contributed by atoms with van der Waals surface area (Å²) in [7, 11) is 7.60. The summed E-state index contributed by atoms with van der Waals surface area (Å²) in [5.41, 5.74) is 4.50. The number of hydrogen-bond donors (Lipinski definition) is 3. The predicted octanol–water partition coefficient (Wildman–Crippen LogP) is 3.89. The molecule has 10 heteroatoms. The van der Waals surface area contributed by atoms with Gasteiger partial charge < -0.3 is 30.2 Å². The van der Waals surface area contributed by atoms with Crippen LogP contribution >= 0.6 is 0 Å². The Morgan fingerprint density at radius 1 is 1.14 bits per heavy atom. The van der Waals surface area contributed by atoms with Gasteiger partial charge in [-0.15, -0.1) is 0 Å². The van der Waals surface area contributed by atoms with Gasteiger partial charge in [0.15, 0.2) is 0 Å². The van der Waals surface area contributed by atoms with Gasteiger partial charge >= 0.3 is 0 Å². The van der Waals surface area contributed by atoms with Crippen LogP contribution in [0.2, 0.25) is 0 Å². The monoisotopic (exact) mass is 486 g/mol. The minimum Gasteiger partial charge on any atom is -0.494 e. The molecule has 0 saturated carbocycles. The number of H-pyrrole nitrogens is 1. The van der Waals surface area contributed by atoms with Gasteiger partial charge in [0.25, 0.3) is 0 Å². The number of aromatic amines is 1. The molecule has 186 valence electrons. The maximum atomic E-state index is 12.2. The van der Waals surface area contributed by atoms with Gasteiger partial charge in [0.1, 0.15) is 11.4 Å². The van der Waals surface area contributed by atoms with Crippen LogP contribution in [-0.2, 0) is 4.79 Å². The normalized spacial score (nSPS) is 10.9. The largest absolute Gasteiger partial charge is 0.494 e. The van der Waals surface area contributed by atoms with E-state index < -0.39 is 0 Å². The van der Waals surface area contributed by atoms with Crippen LogP contribution in [0.15, 0.2) is 61.6 Å². The van der Waals surface area contributed by atoms with E-state index in [-0.39, 0.29) is 5.91 Å². The van der Waals surface area contributed by atoms with Gasteiger partial charge in [0.2, 0.25) is 11.9 Å². The number of amides is 1. The number of anilines is 4. The summed E-state index contributed by atoms with van der Waals surface area (Å²) in [6.07, 6.45) is 6.55. The Morgan fingerprint density at radius 2 is 1.97 bits per heavy atom. The highest BCUT2D eigenvalue weighted by Gasteiger charge is 2.17. The second-order valence-electron chi connectivity index (χ2n) is 8.48. The highest BCUT2D eigenvalue weighted by Crippen LogP contribution is 2.38. The summed E-state index contributed by atoms with van der Waals surface area (Å²) in [4.78, 5) is 33.0. The van der Waals surface area contributed by atoms with Gasteiger partial charge in [-0.05, 0) is 44.4 Å². The fraction of sp³-hybridized carbons (Fsp3) is 0.231. The lowest BCUT2D eigenvalue weighted by molar-refractivity contribution is -0.111. The fourth-order valence-electron chi connectivity index (χ4n) is 3.76. The lowest BCUT2D eigenvalue weighted by atomic mass is 10.1. The van der Waals surface area contributed by atoms with Crippen LogP contribution in [0, 0.1) is 0 Å². The van der Waals surface area contributed by atoms with Crippen molar-refractivity contribution in [3.8, 4) is 17.0 Å². The van der Waals surface area contributed by atoms with Crippen molar-refractivity contribution >= 4 is 40.0 Å². The summed E-state index contributed by atoms with van der Waals surface area (Å²) in [6, 6.07) is 9.42. The van der Waals surface area contributed by atoms with E-state index in [1.807, 2.05) is 57.7 Å². The number of nitrogens with zero attached hydrogens (tertiary/aromatic N) is 5. The number of rotatable bonds is 10. The van der Waals surface area contributed by atoms with E-state index in [1.165, 1.54) is 6.08 Å². The Morgan fingerprint density at radius 3 is 2.72 bits per heavy atom. The average molecular weight is 487 g/mol. The van der Waals surface area contributed by atoms with Crippen molar-refractivity contribution in [1.82, 2.24) is 24.8 Å². The molecule has 1 amide bonds. The first-order chi connectivity index (χ1) is 17.4. The topological polar surface area (TPSA) is 111 Å². The van der Waals surface area contributed by atoms with E-state index in [2.05, 4.69) is 42.0 Å². The molecule has 36 heavy (non-hydrogen) atoms. The molecule has 4 rings (SSSR count). The number of ether oxygens (including phenoxy) is 1. The van der Waals surface area contributed by atoms with Crippen molar-refractivity contribution in [1.29, 1.82) is 0 Å². The number of nitrogens with one attached hydrogen (secondary N) is 3. The summed E-state index contributed by atoms with van der Waals surface area (Å²) >= 11 is 0. The maximum absolute atomic E-state index is 12.2. The van der Waals surface area contributed by atoms with Gasteiger partial charge in [-0.1, -0.05) is 6.58 Å². The molecule has 0 radical (unpaired) electrons. The molecule has 0 spiro atoms. The van der Waals surface area contributed by atoms with Crippen LogP contribution in [-0.4, -0.2) is 72.1 Å². The number of carbonyl (C=O) groups is 1. The van der Waals surface area contributed by atoms with Gasteiger partial charge in [-0.25, -0.2) is 15.0 Å². The van der Waals surface area contributed by atoms with E-state index in [0.717, 1.165) is 41.1 Å². The molecule has 0 aliphatic carbocycles. The Balaban J connectivity index is 1.69. The molecule has 3 N–H and O–H groups in total. The number of hydrogen-bond acceptors (Lipinski definition) is 8. The molecule has 0 aliphatic heterocycles. The minimum atomic E-state index is -0.306.